The van der Waals surface area contributed by atoms with Crippen molar-refractivity contribution in [2.75, 3.05) is 0 Å². The Balaban J connectivity index is 2.19. The van der Waals surface area contributed by atoms with Crippen LogP contribution in [0.2, 0.25) is 5.02 Å². The third-order valence-corrected chi connectivity index (χ3v) is 4.28. The molecule has 2 aliphatic rings. The zero-order chi connectivity index (χ0) is 13.6. The van der Waals surface area contributed by atoms with E-state index < -0.39 is 6.17 Å². The van der Waals surface area contributed by atoms with E-state index in [0.717, 1.165) is 21.4 Å². The third kappa shape index (κ3) is 1.89. The van der Waals surface area contributed by atoms with E-state index in [-0.39, 0.29) is 0 Å². The number of benzene rings is 1. The molecular formula is C13H8BrClN4. The van der Waals surface area contributed by atoms with Crippen molar-refractivity contribution in [3.05, 3.63) is 44.9 Å². The molecule has 2 aliphatic heterocycles. The molecule has 1 atom stereocenters. The largest absolute Gasteiger partial charge is 0.311 e. The van der Waals surface area contributed by atoms with Crippen LogP contribution in [0.1, 0.15) is 5.56 Å². The Kier molecular flexibility index (Phi) is 2.94. The average molecular weight is 336 g/mol. The molecule has 6 heteroatoms. The van der Waals surface area contributed by atoms with E-state index in [4.69, 9.17) is 22.6 Å². The monoisotopic (exact) mass is 334 g/mol. The molecule has 1 aromatic carbocycles. The molecule has 19 heavy (non-hydrogen) atoms. The lowest BCUT2D eigenvalue weighted by Gasteiger charge is -2.34. The van der Waals surface area contributed by atoms with E-state index in [0.29, 0.717) is 10.6 Å². The van der Waals surface area contributed by atoms with E-state index in [9.17, 15) is 0 Å². The van der Waals surface area contributed by atoms with Gasteiger partial charge in [-0.3, -0.25) is 0 Å². The smallest absolute Gasteiger partial charge is 0.119 e. The predicted molar refractivity (Wildman–Crippen MR) is 78.8 cm³/mol. The molecule has 0 aromatic heterocycles. The van der Waals surface area contributed by atoms with Gasteiger partial charge in [-0.25, -0.2) is 4.99 Å². The first-order chi connectivity index (χ1) is 9.11. The van der Waals surface area contributed by atoms with E-state index in [1.165, 1.54) is 0 Å². The Labute approximate surface area is 123 Å². The van der Waals surface area contributed by atoms with Crippen molar-refractivity contribution in [3.63, 3.8) is 0 Å². The molecule has 0 radical (unpaired) electrons. The van der Waals surface area contributed by atoms with Crippen LogP contribution in [0.5, 0.6) is 0 Å². The molecule has 1 unspecified atom stereocenters. The van der Waals surface area contributed by atoms with Crippen LogP contribution in [0.3, 0.4) is 0 Å². The molecule has 0 spiro atoms. The molecule has 0 aliphatic carbocycles. The fourth-order valence-corrected chi connectivity index (χ4v) is 2.59. The van der Waals surface area contributed by atoms with Gasteiger partial charge in [0.1, 0.15) is 6.17 Å². The van der Waals surface area contributed by atoms with Gasteiger partial charge in [0.2, 0.25) is 0 Å². The minimum atomic E-state index is -0.510. The van der Waals surface area contributed by atoms with Crippen LogP contribution in [0.15, 0.2) is 39.3 Å². The summed E-state index contributed by atoms with van der Waals surface area (Å²) < 4.78 is 0.799. The third-order valence-electron chi connectivity index (χ3n) is 3.08. The highest BCUT2D eigenvalue weighted by atomic mass is 79.9. The van der Waals surface area contributed by atoms with Crippen LogP contribution < -0.4 is 5.73 Å². The maximum absolute atomic E-state index is 9.00. The lowest BCUT2D eigenvalue weighted by Crippen LogP contribution is -2.43. The SMILES string of the molecule is N#CC1=CC=C2c3cc(Cl)c(Br)cc3N=CN2C1N. The molecule has 0 fully saturated rings. The summed E-state index contributed by atoms with van der Waals surface area (Å²) in [4.78, 5) is 6.12. The molecule has 1 aromatic rings. The van der Waals surface area contributed by atoms with E-state index >= 15 is 0 Å². The molecule has 3 rings (SSSR count). The zero-order valence-electron chi connectivity index (χ0n) is 9.64. The predicted octanol–water partition coefficient (Wildman–Crippen LogP) is 3.17. The second-order valence-corrected chi connectivity index (χ2v) is 5.43. The summed E-state index contributed by atoms with van der Waals surface area (Å²) in [5, 5.41) is 9.61. The number of hydrogen-bond acceptors (Lipinski definition) is 4. The van der Waals surface area contributed by atoms with Gasteiger partial charge in [0.15, 0.2) is 0 Å². The zero-order valence-corrected chi connectivity index (χ0v) is 12.0. The molecular weight excluding hydrogens is 328 g/mol. The lowest BCUT2D eigenvalue weighted by atomic mass is 10.0. The molecule has 94 valence electrons. The summed E-state index contributed by atoms with van der Waals surface area (Å²) in [7, 11) is 0. The maximum Gasteiger partial charge on any atom is 0.119 e. The van der Waals surface area contributed by atoms with Gasteiger partial charge in [0.25, 0.3) is 0 Å². The lowest BCUT2D eigenvalue weighted by molar-refractivity contribution is 0.492. The number of halogens is 2. The van der Waals surface area contributed by atoms with E-state index in [1.54, 1.807) is 17.3 Å². The number of aliphatic imine (C=N–C) groups is 1. The highest BCUT2D eigenvalue weighted by Gasteiger charge is 2.28. The molecule has 0 saturated carbocycles. The Hall–Kier alpha value is -1.61. The standard InChI is InChI=1S/C13H8BrClN4/c14-9-4-11-8(3-10(9)15)12-2-1-7(5-16)13(17)19(12)6-18-11/h1-4,6,13H,17H2. The van der Waals surface area contributed by atoms with Crippen LogP contribution in [0, 0.1) is 11.3 Å². The van der Waals surface area contributed by atoms with Gasteiger partial charge in [-0.2, -0.15) is 5.26 Å². The van der Waals surface area contributed by atoms with Crippen LogP contribution in [0.25, 0.3) is 5.70 Å². The van der Waals surface area contributed by atoms with Gasteiger partial charge in [0, 0.05) is 10.0 Å². The van der Waals surface area contributed by atoms with Crippen molar-refractivity contribution >= 4 is 45.3 Å². The summed E-state index contributed by atoms with van der Waals surface area (Å²) >= 11 is 9.50. The Morgan fingerprint density at radius 2 is 2.21 bits per heavy atom. The number of nitrogens with zero attached hydrogens (tertiary/aromatic N) is 3. The summed E-state index contributed by atoms with van der Waals surface area (Å²) in [6.07, 6.45) is 4.72. The van der Waals surface area contributed by atoms with Crippen LogP contribution >= 0.6 is 27.5 Å². The molecule has 4 nitrogen and oxygen atoms in total. The summed E-state index contributed by atoms with van der Waals surface area (Å²) in [5.74, 6) is 0. The van der Waals surface area contributed by atoms with Crippen LogP contribution in [0.4, 0.5) is 5.69 Å². The van der Waals surface area contributed by atoms with Crippen molar-refractivity contribution in [3.8, 4) is 6.07 Å². The second-order valence-electron chi connectivity index (χ2n) is 4.17. The first-order valence-electron chi connectivity index (χ1n) is 5.51. The summed E-state index contributed by atoms with van der Waals surface area (Å²) in [6.45, 7) is 0. The van der Waals surface area contributed by atoms with Gasteiger partial charge in [-0.1, -0.05) is 11.6 Å². The second kappa shape index (κ2) is 4.49. The Morgan fingerprint density at radius 3 is 2.95 bits per heavy atom. The number of nitrogens with two attached hydrogens (primary N) is 1. The first-order valence-corrected chi connectivity index (χ1v) is 6.68. The fourth-order valence-electron chi connectivity index (χ4n) is 2.09. The van der Waals surface area contributed by atoms with Gasteiger partial charge >= 0.3 is 0 Å². The average Bonchev–Trinajstić information content (AvgIpc) is 2.40. The first kappa shape index (κ1) is 12.4. The molecule has 2 N–H and O–H groups in total. The minimum absolute atomic E-state index is 0.502. The number of fused-ring (bicyclic) bond motifs is 3. The van der Waals surface area contributed by atoms with Gasteiger partial charge in [-0.15, -0.1) is 0 Å². The van der Waals surface area contributed by atoms with Crippen LogP contribution in [-0.2, 0) is 0 Å². The maximum atomic E-state index is 9.00. The Morgan fingerprint density at radius 1 is 1.42 bits per heavy atom. The normalized spacial score (nSPS) is 20.1. The van der Waals surface area contributed by atoms with Crippen molar-refractivity contribution in [2.24, 2.45) is 10.7 Å². The van der Waals surface area contributed by atoms with Gasteiger partial charge in [0.05, 0.1) is 34.4 Å². The molecule has 0 saturated heterocycles. The van der Waals surface area contributed by atoms with Gasteiger partial charge in [-0.05, 0) is 40.2 Å². The topological polar surface area (TPSA) is 65.4 Å². The van der Waals surface area contributed by atoms with Crippen molar-refractivity contribution in [1.29, 1.82) is 5.26 Å². The van der Waals surface area contributed by atoms with Crippen molar-refractivity contribution in [1.82, 2.24) is 4.90 Å². The highest BCUT2D eigenvalue weighted by molar-refractivity contribution is 9.10. The number of rotatable bonds is 0. The Bertz CT molecular complexity index is 699. The number of nitriles is 1. The molecule has 2 heterocycles. The molecule has 0 bridgehead atoms. The fraction of sp³-hybridized carbons (Fsp3) is 0.0769. The summed E-state index contributed by atoms with van der Waals surface area (Å²) in [5.41, 5.74) is 9.15. The van der Waals surface area contributed by atoms with Crippen molar-refractivity contribution < 1.29 is 0 Å². The molecule has 0 amide bonds. The quantitative estimate of drug-likeness (QED) is 0.792. The highest BCUT2D eigenvalue weighted by Crippen LogP contribution is 2.40. The van der Waals surface area contributed by atoms with Gasteiger partial charge < -0.3 is 10.6 Å². The number of hydrogen-bond donors (Lipinski definition) is 1. The van der Waals surface area contributed by atoms with Crippen molar-refractivity contribution in [2.45, 2.75) is 6.17 Å². The summed E-state index contributed by atoms with van der Waals surface area (Å²) in [6, 6.07) is 5.79. The minimum Gasteiger partial charge on any atom is -0.311 e. The van der Waals surface area contributed by atoms with Crippen LogP contribution in [-0.4, -0.2) is 17.4 Å². The van der Waals surface area contributed by atoms with E-state index in [1.807, 2.05) is 18.2 Å². The van der Waals surface area contributed by atoms with E-state index in [2.05, 4.69) is 27.0 Å². The number of allylic oxidation sites excluding steroid dienone is 2.